The van der Waals surface area contributed by atoms with Gasteiger partial charge in [-0.2, -0.15) is 5.10 Å². The highest BCUT2D eigenvalue weighted by atomic mass is 16.4. The number of carbonyl (C=O) groups excluding carboxylic acids is 1. The number of anilines is 1. The van der Waals surface area contributed by atoms with Gasteiger partial charge in [0.2, 0.25) is 5.91 Å². The summed E-state index contributed by atoms with van der Waals surface area (Å²) in [5.41, 5.74) is 1.18. The summed E-state index contributed by atoms with van der Waals surface area (Å²) in [6, 6.07) is 6.25. The van der Waals surface area contributed by atoms with Crippen molar-refractivity contribution in [2.75, 3.05) is 5.32 Å². The zero-order chi connectivity index (χ0) is 14.5. The Morgan fingerprint density at radius 1 is 1.45 bits per heavy atom. The summed E-state index contributed by atoms with van der Waals surface area (Å²) >= 11 is 0. The lowest BCUT2D eigenvalue weighted by Gasteiger charge is -2.12. The fourth-order valence-electron chi connectivity index (χ4n) is 1.72. The zero-order valence-electron chi connectivity index (χ0n) is 10.9. The van der Waals surface area contributed by atoms with Gasteiger partial charge in [-0.05, 0) is 24.6 Å². The Labute approximate surface area is 115 Å². The Hall–Kier alpha value is -2.70. The van der Waals surface area contributed by atoms with Gasteiger partial charge in [-0.15, -0.1) is 0 Å². The molecule has 1 atom stereocenters. The van der Waals surface area contributed by atoms with Gasteiger partial charge >= 0.3 is 5.97 Å². The third-order valence-electron chi connectivity index (χ3n) is 2.76. The number of nitrogens with one attached hydrogen (secondary N) is 1. The van der Waals surface area contributed by atoms with Gasteiger partial charge in [-0.3, -0.25) is 9.59 Å². The molecule has 2 aromatic rings. The molecule has 1 unspecified atom stereocenters. The quantitative estimate of drug-likeness (QED) is 0.851. The van der Waals surface area contributed by atoms with Crippen molar-refractivity contribution in [3.63, 3.8) is 0 Å². The van der Waals surface area contributed by atoms with Crippen LogP contribution < -0.4 is 5.32 Å². The van der Waals surface area contributed by atoms with Crippen LogP contribution >= 0.6 is 0 Å². The first kappa shape index (κ1) is 13.7. The van der Waals surface area contributed by atoms with E-state index in [0.717, 1.165) is 0 Å². The molecule has 1 heterocycles. The number of aliphatic carboxylic acids is 1. The molecule has 0 aliphatic rings. The zero-order valence-corrected chi connectivity index (χ0v) is 10.9. The fraction of sp³-hybridized carbons (Fsp3) is 0.231. The minimum atomic E-state index is -0.913. The Morgan fingerprint density at radius 3 is 2.90 bits per heavy atom. The Kier molecular flexibility index (Phi) is 4.09. The highest BCUT2D eigenvalue weighted by molar-refractivity contribution is 5.93. The summed E-state index contributed by atoms with van der Waals surface area (Å²) < 4.78 is 1.44. The SMILES string of the molecule is CC(C(=O)Nc1cccc(CC(=O)O)c1)n1cncn1. The van der Waals surface area contributed by atoms with Gasteiger partial charge in [0.05, 0.1) is 6.42 Å². The van der Waals surface area contributed by atoms with Crippen LogP contribution in [0.5, 0.6) is 0 Å². The largest absolute Gasteiger partial charge is 0.481 e. The fourth-order valence-corrected chi connectivity index (χ4v) is 1.72. The van der Waals surface area contributed by atoms with Crippen LogP contribution in [0.2, 0.25) is 0 Å². The van der Waals surface area contributed by atoms with E-state index in [-0.39, 0.29) is 12.3 Å². The van der Waals surface area contributed by atoms with Crippen molar-refractivity contribution in [2.45, 2.75) is 19.4 Å². The Bertz CT molecular complexity index is 610. The number of carbonyl (C=O) groups is 2. The molecular weight excluding hydrogens is 260 g/mol. The van der Waals surface area contributed by atoms with E-state index in [1.54, 1.807) is 31.2 Å². The van der Waals surface area contributed by atoms with Crippen LogP contribution in [0.4, 0.5) is 5.69 Å². The van der Waals surface area contributed by atoms with Gasteiger partial charge < -0.3 is 10.4 Å². The molecule has 7 heteroatoms. The lowest BCUT2D eigenvalue weighted by atomic mass is 10.1. The number of aromatic nitrogens is 3. The van der Waals surface area contributed by atoms with Gasteiger partial charge in [-0.25, -0.2) is 9.67 Å². The van der Waals surface area contributed by atoms with Crippen LogP contribution in [0.1, 0.15) is 18.5 Å². The molecule has 0 bridgehead atoms. The molecular formula is C13H14N4O3. The average molecular weight is 274 g/mol. The van der Waals surface area contributed by atoms with Crippen LogP contribution in [-0.4, -0.2) is 31.7 Å². The van der Waals surface area contributed by atoms with Crippen molar-refractivity contribution in [3.05, 3.63) is 42.5 Å². The molecule has 0 fully saturated rings. The lowest BCUT2D eigenvalue weighted by Crippen LogP contribution is -2.24. The molecule has 104 valence electrons. The second kappa shape index (κ2) is 5.96. The van der Waals surface area contributed by atoms with Gasteiger partial charge in [0.25, 0.3) is 0 Å². The summed E-state index contributed by atoms with van der Waals surface area (Å²) in [6.45, 7) is 1.70. The molecule has 1 aromatic heterocycles. The first-order valence-corrected chi connectivity index (χ1v) is 6.02. The predicted molar refractivity (Wildman–Crippen MR) is 71.1 cm³/mol. The third kappa shape index (κ3) is 3.41. The normalized spacial score (nSPS) is 11.8. The number of carboxylic acid groups (broad SMARTS) is 1. The molecule has 1 amide bonds. The van der Waals surface area contributed by atoms with Crippen LogP contribution in [-0.2, 0) is 16.0 Å². The maximum atomic E-state index is 12.0. The van der Waals surface area contributed by atoms with Crippen LogP contribution in [0.3, 0.4) is 0 Å². The first-order valence-electron chi connectivity index (χ1n) is 6.02. The first-order chi connectivity index (χ1) is 9.56. The number of hydrogen-bond acceptors (Lipinski definition) is 4. The standard InChI is InChI=1S/C13H14N4O3/c1-9(17-8-14-7-15-17)13(20)16-11-4-2-3-10(5-11)6-12(18)19/h2-5,7-9H,6H2,1H3,(H,16,20)(H,18,19). The average Bonchev–Trinajstić information content (AvgIpc) is 2.91. The Morgan fingerprint density at radius 2 is 2.25 bits per heavy atom. The minimum absolute atomic E-state index is 0.0810. The van der Waals surface area contributed by atoms with E-state index in [9.17, 15) is 9.59 Å². The molecule has 20 heavy (non-hydrogen) atoms. The monoisotopic (exact) mass is 274 g/mol. The molecule has 7 nitrogen and oxygen atoms in total. The van der Waals surface area contributed by atoms with E-state index in [2.05, 4.69) is 15.4 Å². The second-order valence-electron chi connectivity index (χ2n) is 4.31. The van der Waals surface area contributed by atoms with Gasteiger partial charge in [0, 0.05) is 5.69 Å². The maximum absolute atomic E-state index is 12.0. The van der Waals surface area contributed by atoms with Crippen molar-refractivity contribution in [3.8, 4) is 0 Å². The Balaban J connectivity index is 2.06. The molecule has 1 aromatic carbocycles. The molecule has 0 radical (unpaired) electrons. The minimum Gasteiger partial charge on any atom is -0.481 e. The number of hydrogen-bond donors (Lipinski definition) is 2. The van der Waals surface area contributed by atoms with Gasteiger partial charge in [-0.1, -0.05) is 12.1 Å². The van der Waals surface area contributed by atoms with E-state index >= 15 is 0 Å². The van der Waals surface area contributed by atoms with E-state index in [1.807, 2.05) is 0 Å². The number of rotatable bonds is 5. The van der Waals surface area contributed by atoms with Crippen molar-refractivity contribution in [1.82, 2.24) is 14.8 Å². The van der Waals surface area contributed by atoms with Crippen molar-refractivity contribution < 1.29 is 14.7 Å². The summed E-state index contributed by atoms with van der Waals surface area (Å²) in [4.78, 5) is 26.5. The summed E-state index contributed by atoms with van der Waals surface area (Å²) in [5, 5.41) is 15.4. The van der Waals surface area contributed by atoms with Gasteiger partial charge in [0.1, 0.15) is 18.7 Å². The second-order valence-corrected chi connectivity index (χ2v) is 4.31. The van der Waals surface area contributed by atoms with E-state index in [0.29, 0.717) is 11.3 Å². The van der Waals surface area contributed by atoms with Crippen LogP contribution in [0.25, 0.3) is 0 Å². The smallest absolute Gasteiger partial charge is 0.307 e. The van der Waals surface area contributed by atoms with Crippen molar-refractivity contribution in [2.24, 2.45) is 0 Å². The summed E-state index contributed by atoms with van der Waals surface area (Å²) in [7, 11) is 0. The summed E-state index contributed by atoms with van der Waals surface area (Å²) in [5.74, 6) is -1.16. The number of nitrogens with zero attached hydrogens (tertiary/aromatic N) is 3. The van der Waals surface area contributed by atoms with Crippen LogP contribution in [0, 0.1) is 0 Å². The summed E-state index contributed by atoms with van der Waals surface area (Å²) in [6.07, 6.45) is 2.74. The highest BCUT2D eigenvalue weighted by Crippen LogP contribution is 2.13. The molecule has 0 saturated heterocycles. The molecule has 0 saturated carbocycles. The maximum Gasteiger partial charge on any atom is 0.307 e. The highest BCUT2D eigenvalue weighted by Gasteiger charge is 2.15. The predicted octanol–water partition coefficient (Wildman–Crippen LogP) is 1.10. The van der Waals surface area contributed by atoms with Crippen molar-refractivity contribution >= 4 is 17.6 Å². The molecule has 2 rings (SSSR count). The van der Waals surface area contributed by atoms with E-state index in [1.165, 1.54) is 17.3 Å². The number of benzene rings is 1. The third-order valence-corrected chi connectivity index (χ3v) is 2.76. The molecule has 2 N–H and O–H groups in total. The number of amides is 1. The molecule has 0 aliphatic carbocycles. The molecule has 0 aliphatic heterocycles. The topological polar surface area (TPSA) is 97.1 Å². The van der Waals surface area contributed by atoms with Crippen LogP contribution in [0.15, 0.2) is 36.9 Å². The molecule has 0 spiro atoms. The van der Waals surface area contributed by atoms with E-state index in [4.69, 9.17) is 5.11 Å². The van der Waals surface area contributed by atoms with Crippen molar-refractivity contribution in [1.29, 1.82) is 0 Å². The van der Waals surface area contributed by atoms with E-state index < -0.39 is 12.0 Å². The lowest BCUT2D eigenvalue weighted by molar-refractivity contribution is -0.136. The van der Waals surface area contributed by atoms with Gasteiger partial charge in [0.15, 0.2) is 0 Å². The number of carboxylic acids is 1.